The molecule has 0 bridgehead atoms. The van der Waals surface area contributed by atoms with E-state index in [9.17, 15) is 24.0 Å². The van der Waals surface area contributed by atoms with Gasteiger partial charge in [-0.15, -0.1) is 0 Å². The standard InChI is InChI=1S/C53H68O12S10/c54-45(14-4-1-9-36-21-26-66-71-36)60-35-32-43(63-48(57)18-8-13-40-25-30-70-75-40)50-44(33-35)64-52(53(51(50)59)65-49(58)16-6-3-11-38-23-28-68-73-38)34-19-20-41(61-46(55)15-5-2-10-37-22-27-67-72-37)42(31-34)62-47(56)17-7-12-39-24-29-69-74-39/h19-20,31-33,36-40,52-53H,1-18,21-30H2. The molecular formula is C53H68O12S10. The number of carbonyl (C=O) groups is 6. The predicted molar refractivity (Wildman–Crippen MR) is 318 cm³/mol. The summed E-state index contributed by atoms with van der Waals surface area (Å²) in [5.41, 5.74) is 0.170. The Bertz CT molecular complexity index is 2230. The quantitative estimate of drug-likeness (QED) is 0.0327. The van der Waals surface area contributed by atoms with Gasteiger partial charge in [-0.1, -0.05) is 133 Å². The summed E-state index contributed by atoms with van der Waals surface area (Å²) in [6.07, 6.45) is 13.8. The minimum absolute atomic E-state index is 0.0249. The molecule has 0 saturated carbocycles. The number of Topliss-reactive ketones (excluding diaryl/α,β-unsaturated/α-hetero) is 1. The number of hydrogen-bond acceptors (Lipinski definition) is 22. The summed E-state index contributed by atoms with van der Waals surface area (Å²) in [5, 5.41) is 2.65. The molecule has 6 aliphatic rings. The lowest BCUT2D eigenvalue weighted by Gasteiger charge is -2.33. The molecule has 412 valence electrons. The van der Waals surface area contributed by atoms with Gasteiger partial charge in [0.25, 0.3) is 0 Å². The Hall–Kier alpha value is -1.24. The zero-order chi connectivity index (χ0) is 52.2. The topological polar surface area (TPSA) is 158 Å². The molecule has 6 heterocycles. The molecule has 2 aromatic rings. The fraction of sp³-hybridized carbons (Fsp3) is 0.660. The van der Waals surface area contributed by atoms with E-state index in [4.69, 9.17) is 28.4 Å². The molecule has 0 aliphatic carbocycles. The van der Waals surface area contributed by atoms with Gasteiger partial charge in [-0.05, 0) is 108 Å². The second-order valence-electron chi connectivity index (χ2n) is 19.4. The minimum Gasteiger partial charge on any atom is -0.480 e. The lowest BCUT2D eigenvalue weighted by molar-refractivity contribution is -0.152. The van der Waals surface area contributed by atoms with E-state index in [-0.39, 0.29) is 66.4 Å². The maximum absolute atomic E-state index is 15.1. The SMILES string of the molecule is O=C(CCCCC1CCSS1)Oc1cc(OC(=O)CCCC2CCSS2)c2c(c1)OC(c1ccc(OC(=O)CCCCC3CCSS3)c(OC(=O)CCCC3CCSS3)c1)C(OC(=O)CCCCC1CCSS1)C2=O. The smallest absolute Gasteiger partial charge is 0.311 e. The molecule has 22 heteroatoms. The third-order valence-corrected chi connectivity index (χ3v) is 28.5. The number of unbranched alkanes of at least 4 members (excludes halogenated alkanes) is 3. The molecule has 75 heavy (non-hydrogen) atoms. The average Bonchev–Trinajstić information content (AvgIpc) is 4.27. The molecule has 0 radical (unpaired) electrons. The summed E-state index contributed by atoms with van der Waals surface area (Å²) in [7, 11) is 18.7. The fourth-order valence-corrected chi connectivity index (χ4v) is 24.5. The Kier molecular flexibility index (Phi) is 25.8. The van der Waals surface area contributed by atoms with Gasteiger partial charge in [0.05, 0.1) is 0 Å². The van der Waals surface area contributed by atoms with Crippen LogP contribution in [0.25, 0.3) is 0 Å². The molecule has 6 aliphatic heterocycles. The molecule has 5 saturated heterocycles. The lowest BCUT2D eigenvalue weighted by atomic mass is 9.92. The first kappa shape index (κ1) is 59.9. The third-order valence-electron chi connectivity index (χ3n) is 13.5. The van der Waals surface area contributed by atoms with E-state index < -0.39 is 47.8 Å². The Morgan fingerprint density at radius 1 is 0.453 bits per heavy atom. The van der Waals surface area contributed by atoms with Crippen molar-refractivity contribution in [3.8, 4) is 28.7 Å². The van der Waals surface area contributed by atoms with Crippen LogP contribution in [0.1, 0.15) is 170 Å². The van der Waals surface area contributed by atoms with Crippen LogP contribution in [0.2, 0.25) is 0 Å². The van der Waals surface area contributed by atoms with Crippen molar-refractivity contribution in [1.82, 2.24) is 0 Å². The van der Waals surface area contributed by atoms with E-state index in [0.717, 1.165) is 106 Å². The molecule has 0 amide bonds. The number of esters is 5. The summed E-state index contributed by atoms with van der Waals surface area (Å²) in [5.74, 6) is 2.09. The largest absolute Gasteiger partial charge is 0.480 e. The second kappa shape index (κ2) is 32.3. The molecule has 7 atom stereocenters. The van der Waals surface area contributed by atoms with Crippen molar-refractivity contribution in [2.24, 2.45) is 0 Å². The molecule has 0 spiro atoms. The van der Waals surface area contributed by atoms with E-state index in [1.54, 1.807) is 6.07 Å². The van der Waals surface area contributed by atoms with Crippen molar-refractivity contribution in [2.75, 3.05) is 28.8 Å². The van der Waals surface area contributed by atoms with Crippen LogP contribution in [0.4, 0.5) is 0 Å². The zero-order valence-electron chi connectivity index (χ0n) is 42.2. The molecule has 12 nitrogen and oxygen atoms in total. The normalized spacial score (nSPS) is 24.2. The maximum atomic E-state index is 15.1. The van der Waals surface area contributed by atoms with Gasteiger partial charge in [-0.3, -0.25) is 28.8 Å². The fourth-order valence-electron chi connectivity index (χ4n) is 9.34. The Balaban J connectivity index is 1.05. The second-order valence-corrected chi connectivity index (χ2v) is 33.3. The Morgan fingerprint density at radius 3 is 1.33 bits per heavy atom. The summed E-state index contributed by atoms with van der Waals surface area (Å²) < 4.78 is 36.6. The first-order valence-corrected chi connectivity index (χ1v) is 38.5. The summed E-state index contributed by atoms with van der Waals surface area (Å²) >= 11 is 0. The summed E-state index contributed by atoms with van der Waals surface area (Å²) in [6, 6.07) is 7.39. The number of ketones is 1. The van der Waals surface area contributed by atoms with Crippen molar-refractivity contribution < 1.29 is 57.2 Å². The Labute approximate surface area is 481 Å². The van der Waals surface area contributed by atoms with Crippen molar-refractivity contribution in [2.45, 2.75) is 186 Å². The summed E-state index contributed by atoms with van der Waals surface area (Å²) in [6.45, 7) is 0. The molecule has 0 aromatic heterocycles. The lowest BCUT2D eigenvalue weighted by Crippen LogP contribution is -2.40. The van der Waals surface area contributed by atoms with Crippen LogP contribution >= 0.6 is 108 Å². The molecule has 5 fully saturated rings. The highest BCUT2D eigenvalue weighted by Crippen LogP contribution is 2.47. The van der Waals surface area contributed by atoms with Gasteiger partial charge in [-0.2, -0.15) is 0 Å². The van der Waals surface area contributed by atoms with Crippen molar-refractivity contribution in [3.05, 3.63) is 41.5 Å². The van der Waals surface area contributed by atoms with E-state index in [1.165, 1.54) is 30.7 Å². The van der Waals surface area contributed by atoms with Crippen molar-refractivity contribution in [3.63, 3.8) is 0 Å². The zero-order valence-corrected chi connectivity index (χ0v) is 50.4. The van der Waals surface area contributed by atoms with Crippen LogP contribution in [-0.2, 0) is 28.7 Å². The molecule has 0 N–H and O–H groups in total. The van der Waals surface area contributed by atoms with Crippen molar-refractivity contribution in [1.29, 1.82) is 0 Å². The molecule has 8 rings (SSSR count). The number of benzene rings is 2. The molecule has 7 unspecified atom stereocenters. The first-order valence-electron chi connectivity index (χ1n) is 26.6. The average molecular weight is 1220 g/mol. The number of rotatable bonds is 29. The van der Waals surface area contributed by atoms with Gasteiger partial charge in [0.2, 0.25) is 11.9 Å². The highest BCUT2D eigenvalue weighted by atomic mass is 33.1. The van der Waals surface area contributed by atoms with Gasteiger partial charge in [0.1, 0.15) is 22.8 Å². The first-order chi connectivity index (χ1) is 36.6. The highest BCUT2D eigenvalue weighted by Gasteiger charge is 2.44. The van der Waals surface area contributed by atoms with Crippen molar-refractivity contribution >= 4 is 144 Å². The van der Waals surface area contributed by atoms with Gasteiger partial charge >= 0.3 is 29.8 Å². The van der Waals surface area contributed by atoms with Crippen LogP contribution in [0.5, 0.6) is 28.7 Å². The number of hydrogen-bond donors (Lipinski definition) is 0. The van der Waals surface area contributed by atoms with Gasteiger partial charge in [0.15, 0.2) is 17.6 Å². The monoisotopic (exact) mass is 1220 g/mol. The minimum atomic E-state index is -1.57. The molecule has 2 aromatic carbocycles. The predicted octanol–water partition coefficient (Wildman–Crippen LogP) is 15.3. The van der Waals surface area contributed by atoms with E-state index in [0.29, 0.717) is 63.9 Å². The Morgan fingerprint density at radius 2 is 0.867 bits per heavy atom. The van der Waals surface area contributed by atoms with E-state index in [2.05, 4.69) is 0 Å². The van der Waals surface area contributed by atoms with Crippen LogP contribution in [-0.4, -0.2) is 96.7 Å². The van der Waals surface area contributed by atoms with Crippen LogP contribution < -0.4 is 23.7 Å². The number of fused-ring (bicyclic) bond motifs is 1. The van der Waals surface area contributed by atoms with Crippen LogP contribution in [0, 0.1) is 0 Å². The summed E-state index contributed by atoms with van der Waals surface area (Å²) in [4.78, 5) is 82.9. The van der Waals surface area contributed by atoms with Gasteiger partial charge in [-0.25, -0.2) is 0 Å². The third kappa shape index (κ3) is 19.8. The van der Waals surface area contributed by atoms with Crippen LogP contribution in [0.3, 0.4) is 0 Å². The van der Waals surface area contributed by atoms with Gasteiger partial charge < -0.3 is 28.4 Å². The van der Waals surface area contributed by atoms with E-state index >= 15 is 4.79 Å². The van der Waals surface area contributed by atoms with Crippen LogP contribution in [0.15, 0.2) is 30.3 Å². The molecular weight excluding hydrogens is 1150 g/mol. The van der Waals surface area contributed by atoms with Gasteiger partial charge in [0, 0.05) is 105 Å². The number of ether oxygens (including phenoxy) is 6. The maximum Gasteiger partial charge on any atom is 0.311 e. The van der Waals surface area contributed by atoms with E-state index in [1.807, 2.05) is 108 Å². The highest BCUT2D eigenvalue weighted by molar-refractivity contribution is 8.78. The number of carbonyl (C=O) groups excluding carboxylic acids is 6.